The standard InChI is InChI=1S/C24H34BrN5O2S/c1-3-5-21(31)26-13-17-6-4-9-30(14-17)22-19-12-18(25)7-8-20(19)28-23(29-22)27-15-24(2)16-33-11-10-32-24/h7-8,12,17H,3-6,9-11,13-16H2,1-2H3,(H,26,31)(H,27,28,29). The minimum atomic E-state index is -0.214. The van der Waals surface area contributed by atoms with Crippen LogP contribution in [0.25, 0.3) is 10.9 Å². The van der Waals surface area contributed by atoms with Crippen LogP contribution < -0.4 is 15.5 Å². The van der Waals surface area contributed by atoms with Crippen molar-refractivity contribution in [3.8, 4) is 0 Å². The van der Waals surface area contributed by atoms with E-state index in [0.717, 1.165) is 78.2 Å². The summed E-state index contributed by atoms with van der Waals surface area (Å²) < 4.78 is 7.04. The number of piperidine rings is 1. The maximum atomic E-state index is 12.0. The van der Waals surface area contributed by atoms with Crippen molar-refractivity contribution < 1.29 is 9.53 Å². The fourth-order valence-corrected chi connectivity index (χ4v) is 5.77. The maximum Gasteiger partial charge on any atom is 0.225 e. The molecule has 2 aliphatic rings. The normalized spacial score (nSPS) is 23.5. The Labute approximate surface area is 209 Å². The van der Waals surface area contributed by atoms with Crippen LogP contribution in [0.15, 0.2) is 22.7 Å². The molecule has 4 rings (SSSR count). The summed E-state index contributed by atoms with van der Waals surface area (Å²) in [5, 5.41) is 7.60. The third-order valence-electron chi connectivity index (χ3n) is 6.23. The first-order chi connectivity index (χ1) is 16.0. The van der Waals surface area contributed by atoms with Gasteiger partial charge in [-0.2, -0.15) is 16.7 Å². The zero-order valence-corrected chi connectivity index (χ0v) is 21.9. The van der Waals surface area contributed by atoms with Crippen LogP contribution in [0.3, 0.4) is 0 Å². The van der Waals surface area contributed by atoms with Gasteiger partial charge >= 0.3 is 0 Å². The number of carbonyl (C=O) groups excluding carboxylic acids is 1. The van der Waals surface area contributed by atoms with Crippen LogP contribution >= 0.6 is 27.7 Å². The van der Waals surface area contributed by atoms with Crippen molar-refractivity contribution in [2.75, 3.05) is 54.5 Å². The quantitative estimate of drug-likeness (QED) is 0.516. The predicted octanol–water partition coefficient (Wildman–Crippen LogP) is 4.46. The topological polar surface area (TPSA) is 79.4 Å². The average Bonchev–Trinajstić information content (AvgIpc) is 2.82. The lowest BCUT2D eigenvalue weighted by Crippen LogP contribution is -2.43. The van der Waals surface area contributed by atoms with E-state index in [1.165, 1.54) is 0 Å². The Hall–Kier alpha value is -1.58. The second-order valence-corrected chi connectivity index (χ2v) is 11.3. The van der Waals surface area contributed by atoms with Gasteiger partial charge in [0.1, 0.15) is 5.82 Å². The zero-order valence-electron chi connectivity index (χ0n) is 19.5. The summed E-state index contributed by atoms with van der Waals surface area (Å²) in [6, 6.07) is 6.16. The van der Waals surface area contributed by atoms with Crippen molar-refractivity contribution in [3.63, 3.8) is 0 Å². The zero-order chi connectivity index (χ0) is 23.3. The predicted molar refractivity (Wildman–Crippen MR) is 140 cm³/mol. The molecule has 2 aromatic rings. The van der Waals surface area contributed by atoms with E-state index >= 15 is 0 Å². The molecule has 2 fully saturated rings. The molecule has 0 aliphatic carbocycles. The van der Waals surface area contributed by atoms with E-state index in [1.54, 1.807) is 0 Å². The lowest BCUT2D eigenvalue weighted by Gasteiger charge is -2.35. The molecule has 2 atom stereocenters. The Kier molecular flexibility index (Phi) is 8.35. The van der Waals surface area contributed by atoms with Crippen LogP contribution in [-0.2, 0) is 9.53 Å². The van der Waals surface area contributed by atoms with Gasteiger partial charge in [0.25, 0.3) is 0 Å². The molecule has 2 aliphatic heterocycles. The molecule has 3 heterocycles. The number of ether oxygens (including phenoxy) is 1. The first kappa shape index (κ1) is 24.5. The van der Waals surface area contributed by atoms with Gasteiger partial charge in [-0.15, -0.1) is 0 Å². The molecule has 0 spiro atoms. The fraction of sp³-hybridized carbons (Fsp3) is 0.625. The van der Waals surface area contributed by atoms with E-state index in [4.69, 9.17) is 14.7 Å². The molecular formula is C24H34BrN5O2S. The molecule has 9 heteroatoms. The number of nitrogens with zero attached hydrogens (tertiary/aromatic N) is 3. The Morgan fingerprint density at radius 3 is 3.06 bits per heavy atom. The minimum Gasteiger partial charge on any atom is -0.372 e. The molecule has 2 unspecified atom stereocenters. The monoisotopic (exact) mass is 535 g/mol. The third-order valence-corrected chi connectivity index (χ3v) is 7.99. The van der Waals surface area contributed by atoms with Gasteiger partial charge in [0, 0.05) is 54.0 Å². The van der Waals surface area contributed by atoms with Gasteiger partial charge in [0.15, 0.2) is 0 Å². The Morgan fingerprint density at radius 1 is 1.39 bits per heavy atom. The van der Waals surface area contributed by atoms with Gasteiger partial charge in [-0.05, 0) is 50.3 Å². The highest BCUT2D eigenvalue weighted by atomic mass is 79.9. The summed E-state index contributed by atoms with van der Waals surface area (Å²) in [5.41, 5.74) is 0.710. The van der Waals surface area contributed by atoms with Gasteiger partial charge in [-0.3, -0.25) is 4.79 Å². The lowest BCUT2D eigenvalue weighted by molar-refractivity contribution is -0.121. The number of anilines is 2. The number of carbonyl (C=O) groups is 1. The Bertz CT molecular complexity index is 969. The fourth-order valence-electron chi connectivity index (χ4n) is 4.45. The number of halogens is 1. The molecule has 1 amide bonds. The van der Waals surface area contributed by atoms with Crippen LogP contribution in [0.1, 0.15) is 39.5 Å². The summed E-state index contributed by atoms with van der Waals surface area (Å²) in [4.78, 5) is 24.1. The first-order valence-corrected chi connectivity index (χ1v) is 13.8. The summed E-state index contributed by atoms with van der Waals surface area (Å²) in [6.07, 6.45) is 3.67. The smallest absolute Gasteiger partial charge is 0.225 e. The van der Waals surface area contributed by atoms with Gasteiger partial charge in [-0.25, -0.2) is 4.98 Å². The summed E-state index contributed by atoms with van der Waals surface area (Å²) in [7, 11) is 0. The summed E-state index contributed by atoms with van der Waals surface area (Å²) in [5.74, 6) is 4.17. The molecule has 0 bridgehead atoms. The van der Waals surface area contributed by atoms with E-state index < -0.39 is 0 Å². The van der Waals surface area contributed by atoms with Crippen molar-refractivity contribution in [1.29, 1.82) is 0 Å². The number of aromatic nitrogens is 2. The SMILES string of the molecule is CCCC(=O)NCC1CCCN(c2nc(NCC3(C)CSCCO3)nc3ccc(Br)cc23)C1. The van der Waals surface area contributed by atoms with Crippen molar-refractivity contribution in [1.82, 2.24) is 15.3 Å². The van der Waals surface area contributed by atoms with Crippen LogP contribution in [0.2, 0.25) is 0 Å². The van der Waals surface area contributed by atoms with E-state index in [2.05, 4.69) is 44.5 Å². The number of amides is 1. The molecule has 2 N–H and O–H groups in total. The second kappa shape index (κ2) is 11.2. The van der Waals surface area contributed by atoms with E-state index in [-0.39, 0.29) is 11.5 Å². The average molecular weight is 537 g/mol. The van der Waals surface area contributed by atoms with Crippen LogP contribution in [0.5, 0.6) is 0 Å². The van der Waals surface area contributed by atoms with E-state index in [9.17, 15) is 4.79 Å². The highest BCUT2D eigenvalue weighted by Gasteiger charge is 2.29. The van der Waals surface area contributed by atoms with E-state index in [1.807, 2.05) is 30.8 Å². The number of thioether (sulfide) groups is 1. The van der Waals surface area contributed by atoms with Gasteiger partial charge in [0.2, 0.25) is 11.9 Å². The number of fused-ring (bicyclic) bond motifs is 1. The molecule has 180 valence electrons. The van der Waals surface area contributed by atoms with E-state index in [0.29, 0.717) is 24.8 Å². The summed E-state index contributed by atoms with van der Waals surface area (Å²) >= 11 is 5.54. The molecule has 1 aromatic carbocycles. The van der Waals surface area contributed by atoms with Gasteiger partial charge in [0.05, 0.1) is 17.7 Å². The van der Waals surface area contributed by atoms with Crippen LogP contribution in [-0.4, -0.2) is 65.8 Å². The molecule has 0 radical (unpaired) electrons. The molecule has 33 heavy (non-hydrogen) atoms. The Morgan fingerprint density at radius 2 is 2.27 bits per heavy atom. The molecule has 7 nitrogen and oxygen atoms in total. The first-order valence-electron chi connectivity index (χ1n) is 11.9. The molecule has 1 aromatic heterocycles. The third kappa shape index (κ3) is 6.51. The number of rotatable bonds is 8. The lowest BCUT2D eigenvalue weighted by atomic mass is 9.97. The van der Waals surface area contributed by atoms with Crippen LogP contribution in [0.4, 0.5) is 11.8 Å². The molecular weight excluding hydrogens is 502 g/mol. The minimum absolute atomic E-state index is 0.147. The molecule has 0 saturated carbocycles. The maximum absolute atomic E-state index is 12.0. The molecule has 2 saturated heterocycles. The van der Waals surface area contributed by atoms with Crippen molar-refractivity contribution >= 4 is 56.3 Å². The number of nitrogens with one attached hydrogen (secondary N) is 2. The van der Waals surface area contributed by atoms with Crippen molar-refractivity contribution in [2.45, 2.75) is 45.1 Å². The van der Waals surface area contributed by atoms with Gasteiger partial charge in [-0.1, -0.05) is 22.9 Å². The number of hydrogen-bond donors (Lipinski definition) is 2. The van der Waals surface area contributed by atoms with Crippen molar-refractivity contribution in [2.24, 2.45) is 5.92 Å². The highest BCUT2D eigenvalue weighted by molar-refractivity contribution is 9.10. The number of benzene rings is 1. The summed E-state index contributed by atoms with van der Waals surface area (Å²) in [6.45, 7) is 8.19. The highest BCUT2D eigenvalue weighted by Crippen LogP contribution is 2.31. The van der Waals surface area contributed by atoms with Crippen LogP contribution in [0, 0.1) is 5.92 Å². The Balaban J connectivity index is 1.53. The van der Waals surface area contributed by atoms with Crippen molar-refractivity contribution in [3.05, 3.63) is 22.7 Å². The second-order valence-electron chi connectivity index (χ2n) is 9.25. The van der Waals surface area contributed by atoms with Gasteiger partial charge < -0.3 is 20.3 Å². The number of hydrogen-bond acceptors (Lipinski definition) is 7. The largest absolute Gasteiger partial charge is 0.372 e.